The molecule has 0 bridgehead atoms. The van der Waals surface area contributed by atoms with E-state index < -0.39 is 0 Å². The number of halogens is 1. The van der Waals surface area contributed by atoms with Crippen LogP contribution < -0.4 is 14.8 Å². The van der Waals surface area contributed by atoms with Crippen LogP contribution in [-0.2, 0) is 11.2 Å². The van der Waals surface area contributed by atoms with Crippen LogP contribution in [0.1, 0.15) is 11.1 Å². The zero-order chi connectivity index (χ0) is 20.9. The lowest BCUT2D eigenvalue weighted by Gasteiger charge is -2.12. The minimum Gasteiger partial charge on any atom is -0.497 e. The van der Waals surface area contributed by atoms with E-state index in [0.717, 1.165) is 28.2 Å². The van der Waals surface area contributed by atoms with Crippen LogP contribution in [0.4, 0.5) is 0 Å². The molecule has 0 saturated carbocycles. The number of hydrogen-bond donors (Lipinski definition) is 1. The number of nitrogens with one attached hydrogen (secondary N) is 1. The van der Waals surface area contributed by atoms with Crippen LogP contribution in [0.15, 0.2) is 61.1 Å². The highest BCUT2D eigenvalue weighted by molar-refractivity contribution is 6.31. The number of benzene rings is 2. The van der Waals surface area contributed by atoms with Crippen molar-refractivity contribution in [2.24, 2.45) is 0 Å². The van der Waals surface area contributed by atoms with Crippen LogP contribution >= 0.6 is 11.6 Å². The first-order valence-electron chi connectivity index (χ1n) is 9.48. The third kappa shape index (κ3) is 4.60. The fourth-order valence-corrected chi connectivity index (χ4v) is 3.54. The van der Waals surface area contributed by atoms with Gasteiger partial charge in [0.05, 0.1) is 25.5 Å². The van der Waals surface area contributed by atoms with E-state index in [2.05, 4.69) is 15.3 Å². The molecule has 0 spiro atoms. The molecule has 2 heterocycles. The Bertz CT molecular complexity index is 1070. The van der Waals surface area contributed by atoms with Gasteiger partial charge in [0.2, 0.25) is 5.91 Å². The van der Waals surface area contributed by atoms with Crippen LogP contribution in [0.3, 0.4) is 0 Å². The van der Waals surface area contributed by atoms with Crippen LogP contribution in [0.2, 0.25) is 5.02 Å². The Morgan fingerprint density at radius 3 is 2.87 bits per heavy atom. The Kier molecular flexibility index (Phi) is 5.95. The van der Waals surface area contributed by atoms with Crippen molar-refractivity contribution >= 4 is 23.6 Å². The predicted octanol–water partition coefficient (Wildman–Crippen LogP) is 3.94. The molecule has 1 N–H and O–H groups in total. The molecule has 30 heavy (non-hydrogen) atoms. The number of carbonyl (C=O) groups excluding carboxylic acids is 1. The van der Waals surface area contributed by atoms with Crippen molar-refractivity contribution in [1.29, 1.82) is 0 Å². The first-order chi connectivity index (χ1) is 14.6. The van der Waals surface area contributed by atoms with Crippen LogP contribution in [0.25, 0.3) is 17.3 Å². The first kappa shape index (κ1) is 19.9. The van der Waals surface area contributed by atoms with Gasteiger partial charge in [0.1, 0.15) is 17.6 Å². The van der Waals surface area contributed by atoms with Crippen LogP contribution in [-0.4, -0.2) is 35.6 Å². The molecule has 0 radical (unpaired) electrons. The van der Waals surface area contributed by atoms with E-state index in [9.17, 15) is 4.79 Å². The molecule has 2 aromatic carbocycles. The van der Waals surface area contributed by atoms with Gasteiger partial charge in [0.25, 0.3) is 0 Å². The van der Waals surface area contributed by atoms with E-state index in [4.69, 9.17) is 21.1 Å². The average molecular weight is 422 g/mol. The third-order valence-electron chi connectivity index (χ3n) is 4.75. The minimum absolute atomic E-state index is 0.174. The molecule has 3 aromatic rings. The Morgan fingerprint density at radius 1 is 1.30 bits per heavy atom. The molecule has 1 aromatic heterocycles. The number of hydrogen-bond acceptors (Lipinski definition) is 5. The molecule has 152 valence electrons. The number of nitrogens with zero attached hydrogens (tertiary/aromatic N) is 2. The number of methoxy groups -OCH3 is 1. The second-order valence-electron chi connectivity index (χ2n) is 6.83. The zero-order valence-corrected chi connectivity index (χ0v) is 17.1. The summed E-state index contributed by atoms with van der Waals surface area (Å²) in [6.07, 6.45) is 8.67. The molecule has 0 saturated heterocycles. The van der Waals surface area contributed by atoms with Crippen molar-refractivity contribution in [2.45, 2.75) is 12.5 Å². The number of carbonyl (C=O) groups is 1. The van der Waals surface area contributed by atoms with Gasteiger partial charge < -0.3 is 14.8 Å². The van der Waals surface area contributed by atoms with Crippen molar-refractivity contribution in [1.82, 2.24) is 15.3 Å². The molecule has 6 nitrogen and oxygen atoms in total. The van der Waals surface area contributed by atoms with Crippen molar-refractivity contribution in [3.05, 3.63) is 77.2 Å². The number of amides is 1. The minimum atomic E-state index is -0.183. The summed E-state index contributed by atoms with van der Waals surface area (Å²) in [6, 6.07) is 11.2. The molecular formula is C23H20ClN3O3. The van der Waals surface area contributed by atoms with E-state index in [1.54, 1.807) is 31.8 Å². The molecule has 4 rings (SSSR count). The highest BCUT2D eigenvalue weighted by Crippen LogP contribution is 2.40. The molecule has 1 aliphatic heterocycles. The molecule has 7 heteroatoms. The fraction of sp³-hybridized carbons (Fsp3) is 0.174. The van der Waals surface area contributed by atoms with Gasteiger partial charge in [0.15, 0.2) is 0 Å². The van der Waals surface area contributed by atoms with E-state index >= 15 is 0 Å². The second kappa shape index (κ2) is 8.97. The van der Waals surface area contributed by atoms with E-state index in [1.165, 1.54) is 6.08 Å². The van der Waals surface area contributed by atoms with Gasteiger partial charge in [-0.2, -0.15) is 0 Å². The van der Waals surface area contributed by atoms with Crippen molar-refractivity contribution < 1.29 is 14.3 Å². The zero-order valence-electron chi connectivity index (χ0n) is 16.3. The predicted molar refractivity (Wildman–Crippen MR) is 116 cm³/mol. The Labute approximate surface area is 179 Å². The highest BCUT2D eigenvalue weighted by Gasteiger charge is 2.27. The lowest BCUT2D eigenvalue weighted by molar-refractivity contribution is -0.116. The first-order valence-corrected chi connectivity index (χ1v) is 9.85. The van der Waals surface area contributed by atoms with E-state index in [-0.39, 0.29) is 12.0 Å². The van der Waals surface area contributed by atoms with Gasteiger partial charge in [-0.15, -0.1) is 0 Å². The molecular weight excluding hydrogens is 402 g/mol. The van der Waals surface area contributed by atoms with Gasteiger partial charge in [-0.05, 0) is 35.9 Å². The van der Waals surface area contributed by atoms with Crippen LogP contribution in [0, 0.1) is 0 Å². The number of aromatic nitrogens is 2. The third-order valence-corrected chi connectivity index (χ3v) is 4.97. The normalized spacial score (nSPS) is 14.9. The van der Waals surface area contributed by atoms with Gasteiger partial charge >= 0.3 is 0 Å². The summed E-state index contributed by atoms with van der Waals surface area (Å²) in [5.41, 5.74) is 3.41. The molecule has 0 aliphatic carbocycles. The van der Waals surface area contributed by atoms with Gasteiger partial charge in [0, 0.05) is 41.0 Å². The summed E-state index contributed by atoms with van der Waals surface area (Å²) >= 11 is 6.28. The van der Waals surface area contributed by atoms with Crippen molar-refractivity contribution in [3.8, 4) is 22.8 Å². The Morgan fingerprint density at radius 2 is 2.13 bits per heavy atom. The lowest BCUT2D eigenvalue weighted by Crippen LogP contribution is -2.33. The van der Waals surface area contributed by atoms with E-state index in [0.29, 0.717) is 23.7 Å². The van der Waals surface area contributed by atoms with Crippen molar-refractivity contribution in [3.63, 3.8) is 0 Å². The van der Waals surface area contributed by atoms with Gasteiger partial charge in [-0.1, -0.05) is 23.7 Å². The summed E-state index contributed by atoms with van der Waals surface area (Å²) in [6.45, 7) is 0.387. The monoisotopic (exact) mass is 421 g/mol. The highest BCUT2D eigenvalue weighted by atomic mass is 35.5. The summed E-state index contributed by atoms with van der Waals surface area (Å²) in [5.74, 6) is 1.33. The average Bonchev–Trinajstić information content (AvgIpc) is 3.19. The molecule has 0 unspecified atom stereocenters. The SMILES string of the molecule is COc1ccc(/C=C/C(=O)NC[C@@H]2Cc3cc(Cl)cc(-c4cnccn4)c3O2)cc1. The Hall–Kier alpha value is -3.38. The smallest absolute Gasteiger partial charge is 0.244 e. The van der Waals surface area contributed by atoms with Crippen molar-refractivity contribution in [2.75, 3.05) is 13.7 Å². The summed E-state index contributed by atoms with van der Waals surface area (Å²) in [5, 5.41) is 3.51. The molecule has 1 amide bonds. The topological polar surface area (TPSA) is 73.3 Å². The number of ether oxygens (including phenoxy) is 2. The summed E-state index contributed by atoms with van der Waals surface area (Å²) in [7, 11) is 1.62. The maximum Gasteiger partial charge on any atom is 0.244 e. The molecule has 1 aliphatic rings. The second-order valence-corrected chi connectivity index (χ2v) is 7.26. The standard InChI is InChI=1S/C23H20ClN3O3/c1-29-18-5-2-15(3-6-18)4-7-22(28)27-13-19-11-16-10-17(24)12-20(23(16)30-19)21-14-25-8-9-26-21/h2-10,12,14,19H,11,13H2,1H3,(H,27,28)/b7-4+/t19-/m0/s1. The quantitative estimate of drug-likeness (QED) is 0.610. The van der Waals surface area contributed by atoms with Gasteiger partial charge in [-0.25, -0.2) is 0 Å². The largest absolute Gasteiger partial charge is 0.497 e. The van der Waals surface area contributed by atoms with Crippen LogP contribution in [0.5, 0.6) is 11.5 Å². The fourth-order valence-electron chi connectivity index (χ4n) is 3.30. The number of fused-ring (bicyclic) bond motifs is 1. The maximum absolute atomic E-state index is 12.2. The Balaban J connectivity index is 1.38. The lowest BCUT2D eigenvalue weighted by atomic mass is 10.0. The summed E-state index contributed by atoms with van der Waals surface area (Å²) < 4.78 is 11.2. The maximum atomic E-state index is 12.2. The molecule has 0 fully saturated rings. The number of rotatable bonds is 6. The van der Waals surface area contributed by atoms with Gasteiger partial charge in [-0.3, -0.25) is 14.8 Å². The molecule has 1 atom stereocenters. The summed E-state index contributed by atoms with van der Waals surface area (Å²) in [4.78, 5) is 20.7. The van der Waals surface area contributed by atoms with E-state index in [1.807, 2.05) is 36.4 Å².